The van der Waals surface area contributed by atoms with E-state index < -0.39 is 31.1 Å². The van der Waals surface area contributed by atoms with Gasteiger partial charge in [0, 0.05) is 28.4 Å². The molecule has 0 amide bonds. The fraction of sp³-hybridized carbons (Fsp3) is 1.00. The van der Waals surface area contributed by atoms with Crippen molar-refractivity contribution in [2.45, 2.75) is 62.7 Å². The van der Waals surface area contributed by atoms with Crippen molar-refractivity contribution in [1.29, 1.82) is 0 Å². The number of hydrogen-bond donors (Lipinski definition) is 1. The van der Waals surface area contributed by atoms with Crippen LogP contribution in [0.4, 0.5) is 0 Å². The minimum absolute atomic E-state index is 0.0200. The lowest BCUT2D eigenvalue weighted by Crippen LogP contribution is -2.38. The van der Waals surface area contributed by atoms with Gasteiger partial charge in [0.2, 0.25) is 0 Å². The van der Waals surface area contributed by atoms with Gasteiger partial charge in [-0.25, -0.2) is 0 Å². The fourth-order valence-corrected chi connectivity index (χ4v) is 5.11. The second-order valence-corrected chi connectivity index (χ2v) is 9.44. The lowest BCUT2D eigenvalue weighted by molar-refractivity contribution is -0.0458. The highest BCUT2D eigenvalue weighted by Crippen LogP contribution is 2.48. The highest BCUT2D eigenvalue weighted by atomic mass is 32.5. The summed E-state index contributed by atoms with van der Waals surface area (Å²) < 4.78 is 44.4. The van der Waals surface area contributed by atoms with Gasteiger partial charge in [-0.15, -0.1) is 0 Å². The molecule has 1 N–H and O–H groups in total. The molecular weight excluding hydrogens is 399 g/mol. The summed E-state index contributed by atoms with van der Waals surface area (Å²) in [6.07, 6.45) is -2.80. The summed E-state index contributed by atoms with van der Waals surface area (Å²) in [6, 6.07) is 0. The molecular formula is C16H31O9PS. The van der Waals surface area contributed by atoms with Gasteiger partial charge < -0.3 is 37.8 Å². The van der Waals surface area contributed by atoms with Crippen LogP contribution in [0.3, 0.4) is 0 Å². The molecule has 1 unspecified atom stereocenters. The first-order valence-electron chi connectivity index (χ1n) is 8.81. The summed E-state index contributed by atoms with van der Waals surface area (Å²) in [6.45, 7) is 0.486. The third-order valence-electron chi connectivity index (χ3n) is 4.89. The Bertz CT molecular complexity index is 510. The lowest BCUT2D eigenvalue weighted by Gasteiger charge is -2.28. The molecule has 11 heteroatoms. The van der Waals surface area contributed by atoms with E-state index in [4.69, 9.17) is 49.3 Å². The van der Waals surface area contributed by atoms with Crippen LogP contribution in [0.5, 0.6) is 0 Å². The first kappa shape index (κ1) is 23.6. The van der Waals surface area contributed by atoms with Crippen LogP contribution in [0.25, 0.3) is 0 Å². The predicted molar refractivity (Wildman–Crippen MR) is 100 cm³/mol. The molecule has 0 aliphatic carbocycles. The topological polar surface area (TPSA) is 94.1 Å². The third-order valence-corrected chi connectivity index (χ3v) is 6.45. The van der Waals surface area contributed by atoms with Crippen LogP contribution in [0.1, 0.15) is 13.8 Å². The van der Waals surface area contributed by atoms with Gasteiger partial charge in [-0.05, 0) is 25.7 Å². The van der Waals surface area contributed by atoms with E-state index in [9.17, 15) is 4.89 Å². The van der Waals surface area contributed by atoms with Crippen LogP contribution >= 0.6 is 6.72 Å². The summed E-state index contributed by atoms with van der Waals surface area (Å²) in [5.74, 6) is 0. The van der Waals surface area contributed by atoms with E-state index in [1.54, 1.807) is 28.4 Å². The smallest absolute Gasteiger partial charge is 0.325 e. The van der Waals surface area contributed by atoms with Gasteiger partial charge >= 0.3 is 6.72 Å². The quantitative estimate of drug-likeness (QED) is 0.503. The largest absolute Gasteiger partial charge is 0.382 e. The zero-order valence-corrected chi connectivity index (χ0v) is 18.3. The van der Waals surface area contributed by atoms with Gasteiger partial charge in [0.05, 0.1) is 25.4 Å². The Morgan fingerprint density at radius 3 is 1.78 bits per heavy atom. The Morgan fingerprint density at radius 1 is 0.815 bits per heavy atom. The van der Waals surface area contributed by atoms with Crippen molar-refractivity contribution in [2.24, 2.45) is 0 Å². The van der Waals surface area contributed by atoms with E-state index in [2.05, 4.69) is 0 Å². The predicted octanol–water partition coefficient (Wildman–Crippen LogP) is 0.871. The summed E-state index contributed by atoms with van der Waals surface area (Å²) in [5, 5.41) is 0. The van der Waals surface area contributed by atoms with Crippen LogP contribution in [-0.2, 0) is 49.3 Å². The summed E-state index contributed by atoms with van der Waals surface area (Å²) in [7, 11) is 6.29. The van der Waals surface area contributed by atoms with Gasteiger partial charge in [0.25, 0.3) is 0 Å². The minimum atomic E-state index is -3.58. The van der Waals surface area contributed by atoms with Gasteiger partial charge in [-0.3, -0.25) is 4.52 Å². The summed E-state index contributed by atoms with van der Waals surface area (Å²) in [4.78, 5) is 10.6. The molecule has 0 radical (unpaired) electrons. The Hall–Kier alpha value is 0.290. The standard InChI is InChI=1S/C16H31O9PS/c1-9-13(19-4)15(21-6)12(24-9)8-22-26(17,27)25-16-11(7-18-3)23-10(2)14(16)20-5/h9-16H,7-8H2,1-6H3,(H,17,27)/t9-,10-,11+,12+,13-,14-,15+,16+,26?/m0/s1. The Morgan fingerprint density at radius 2 is 1.30 bits per heavy atom. The molecule has 2 heterocycles. The Labute approximate surface area is 165 Å². The molecule has 9 atom stereocenters. The first-order valence-corrected chi connectivity index (χ1v) is 11.4. The van der Waals surface area contributed by atoms with Gasteiger partial charge in [0.1, 0.15) is 36.6 Å². The van der Waals surface area contributed by atoms with Crippen molar-refractivity contribution in [3.05, 3.63) is 0 Å². The SMILES string of the molecule is COC[C@H]1O[C@@H](C)[C@H](OC)[C@@H]1OP(O)(=S)OC[C@H]1O[C@@H](C)[C@H](OC)[C@@H]1OC. The van der Waals surface area contributed by atoms with Crippen molar-refractivity contribution >= 4 is 18.5 Å². The van der Waals surface area contributed by atoms with Crippen LogP contribution in [0.2, 0.25) is 0 Å². The van der Waals surface area contributed by atoms with Crippen LogP contribution in [-0.4, -0.2) is 95.4 Å². The maximum Gasteiger partial charge on any atom is 0.325 e. The van der Waals surface area contributed by atoms with Gasteiger partial charge in [0.15, 0.2) is 0 Å². The molecule has 2 aliphatic rings. The van der Waals surface area contributed by atoms with E-state index >= 15 is 0 Å². The van der Waals surface area contributed by atoms with Crippen molar-refractivity contribution in [1.82, 2.24) is 0 Å². The summed E-state index contributed by atoms with van der Waals surface area (Å²) >= 11 is 5.20. The van der Waals surface area contributed by atoms with E-state index in [-0.39, 0.29) is 37.6 Å². The molecule has 2 rings (SSSR count). The maximum atomic E-state index is 10.6. The molecule has 0 aromatic rings. The minimum Gasteiger partial charge on any atom is -0.382 e. The van der Waals surface area contributed by atoms with Crippen molar-refractivity contribution < 1.29 is 42.4 Å². The van der Waals surface area contributed by atoms with E-state index in [1.165, 1.54) is 0 Å². The summed E-state index contributed by atoms with van der Waals surface area (Å²) in [5.41, 5.74) is 0. The number of ether oxygens (including phenoxy) is 6. The molecule has 0 aromatic heterocycles. The molecule has 27 heavy (non-hydrogen) atoms. The van der Waals surface area contributed by atoms with Gasteiger partial charge in [-0.1, -0.05) is 0 Å². The third kappa shape index (κ3) is 5.67. The lowest BCUT2D eigenvalue weighted by atomic mass is 10.1. The van der Waals surface area contributed by atoms with E-state index in [1.807, 2.05) is 13.8 Å². The number of methoxy groups -OCH3 is 4. The fourth-order valence-electron chi connectivity index (χ4n) is 3.67. The molecule has 0 bridgehead atoms. The molecule has 0 aromatic carbocycles. The second kappa shape index (κ2) is 10.4. The molecule has 0 spiro atoms. The molecule has 0 saturated carbocycles. The van der Waals surface area contributed by atoms with E-state index in [0.29, 0.717) is 0 Å². The van der Waals surface area contributed by atoms with Crippen LogP contribution < -0.4 is 0 Å². The average Bonchev–Trinajstić information content (AvgIpc) is 3.08. The monoisotopic (exact) mass is 430 g/mol. The Kier molecular flexibility index (Phi) is 9.04. The highest BCUT2D eigenvalue weighted by Gasteiger charge is 2.47. The maximum absolute atomic E-state index is 10.6. The molecule has 2 fully saturated rings. The zero-order valence-electron chi connectivity index (χ0n) is 16.6. The van der Waals surface area contributed by atoms with Crippen molar-refractivity contribution in [3.63, 3.8) is 0 Å². The van der Waals surface area contributed by atoms with Crippen LogP contribution in [0, 0.1) is 0 Å². The average molecular weight is 430 g/mol. The van der Waals surface area contributed by atoms with E-state index in [0.717, 1.165) is 0 Å². The van der Waals surface area contributed by atoms with Crippen molar-refractivity contribution in [2.75, 3.05) is 41.7 Å². The molecule has 2 saturated heterocycles. The second-order valence-electron chi connectivity index (χ2n) is 6.65. The number of hydrogen-bond acceptors (Lipinski definition) is 9. The zero-order chi connectivity index (χ0) is 20.2. The molecule has 160 valence electrons. The highest BCUT2D eigenvalue weighted by molar-refractivity contribution is 8.07. The number of rotatable bonds is 10. The first-order chi connectivity index (χ1) is 12.8. The van der Waals surface area contributed by atoms with Crippen LogP contribution in [0.15, 0.2) is 0 Å². The normalized spacial score (nSPS) is 41.7. The van der Waals surface area contributed by atoms with Gasteiger partial charge in [-0.2, -0.15) is 0 Å². The van der Waals surface area contributed by atoms with Crippen molar-refractivity contribution in [3.8, 4) is 0 Å². The molecule has 2 aliphatic heterocycles. The molecule has 9 nitrogen and oxygen atoms in total. The Balaban J connectivity index is 1.98.